The predicted octanol–water partition coefficient (Wildman–Crippen LogP) is 5.05. The van der Waals surface area contributed by atoms with Crippen molar-refractivity contribution in [2.75, 3.05) is 5.32 Å². The molecule has 0 aromatic heterocycles. The summed E-state index contributed by atoms with van der Waals surface area (Å²) in [6.45, 7) is 4.35. The van der Waals surface area contributed by atoms with Crippen LogP contribution in [0.2, 0.25) is 0 Å². The van der Waals surface area contributed by atoms with Crippen LogP contribution in [0, 0.1) is 24.2 Å². The number of nitrogens with one attached hydrogen (secondary N) is 1. The first-order chi connectivity index (χ1) is 9.67. The second-order valence-corrected chi connectivity index (χ2v) is 6.27. The molecular weight excluding hydrogens is 244 g/mol. The van der Waals surface area contributed by atoms with Crippen molar-refractivity contribution in [1.82, 2.24) is 0 Å². The molecule has 1 N–H and O–H groups in total. The van der Waals surface area contributed by atoms with Crippen molar-refractivity contribution < 1.29 is 0 Å². The molecule has 2 heteroatoms. The molecule has 0 spiro atoms. The number of anilines is 1. The molecule has 2 rings (SSSR count). The molecule has 20 heavy (non-hydrogen) atoms. The van der Waals surface area contributed by atoms with E-state index in [9.17, 15) is 5.26 Å². The minimum Gasteiger partial charge on any atom is -0.367 e. The van der Waals surface area contributed by atoms with Crippen molar-refractivity contribution >= 4 is 5.69 Å². The van der Waals surface area contributed by atoms with Gasteiger partial charge in [-0.15, -0.1) is 0 Å². The lowest BCUT2D eigenvalue weighted by molar-refractivity contribution is 0.416. The lowest BCUT2D eigenvalue weighted by atomic mass is 9.90. The normalized spacial score (nSPS) is 26.6. The van der Waals surface area contributed by atoms with Crippen LogP contribution in [-0.4, -0.2) is 5.54 Å². The van der Waals surface area contributed by atoms with Crippen LogP contribution >= 0.6 is 0 Å². The molecule has 2 atom stereocenters. The van der Waals surface area contributed by atoms with Gasteiger partial charge >= 0.3 is 0 Å². The highest BCUT2D eigenvalue weighted by molar-refractivity contribution is 5.48. The van der Waals surface area contributed by atoms with E-state index < -0.39 is 0 Å². The van der Waals surface area contributed by atoms with Crippen LogP contribution in [0.15, 0.2) is 24.3 Å². The molecule has 0 heterocycles. The zero-order valence-electron chi connectivity index (χ0n) is 12.8. The van der Waals surface area contributed by atoms with Gasteiger partial charge in [-0.3, -0.25) is 0 Å². The Kier molecular flexibility index (Phi) is 5.06. The van der Waals surface area contributed by atoms with Gasteiger partial charge in [-0.2, -0.15) is 5.26 Å². The minimum absolute atomic E-state index is 0.363. The van der Waals surface area contributed by atoms with Crippen LogP contribution < -0.4 is 5.32 Å². The van der Waals surface area contributed by atoms with Crippen molar-refractivity contribution in [2.45, 2.75) is 64.3 Å². The summed E-state index contributed by atoms with van der Waals surface area (Å²) in [5.74, 6) is 0.815. The van der Waals surface area contributed by atoms with E-state index in [-0.39, 0.29) is 5.54 Å². The van der Waals surface area contributed by atoms with Crippen molar-refractivity contribution in [3.8, 4) is 6.07 Å². The van der Waals surface area contributed by atoms with E-state index in [1.807, 2.05) is 0 Å². The number of nitriles is 1. The quantitative estimate of drug-likeness (QED) is 0.777. The molecule has 108 valence electrons. The van der Waals surface area contributed by atoms with Crippen LogP contribution in [0.4, 0.5) is 5.69 Å². The highest BCUT2D eigenvalue weighted by Gasteiger charge is 2.32. The number of hydrogen-bond donors (Lipinski definition) is 1. The Hall–Kier alpha value is -1.49. The van der Waals surface area contributed by atoms with E-state index in [1.165, 1.54) is 31.2 Å². The van der Waals surface area contributed by atoms with Crippen LogP contribution in [0.25, 0.3) is 0 Å². The summed E-state index contributed by atoms with van der Waals surface area (Å²) in [6.07, 6.45) is 8.14. The van der Waals surface area contributed by atoms with Gasteiger partial charge in [0.05, 0.1) is 6.07 Å². The molecule has 1 aliphatic carbocycles. The van der Waals surface area contributed by atoms with Crippen LogP contribution in [-0.2, 0) is 0 Å². The Bertz CT molecular complexity index is 457. The van der Waals surface area contributed by atoms with Crippen molar-refractivity contribution in [3.63, 3.8) is 0 Å². The number of benzene rings is 1. The fourth-order valence-electron chi connectivity index (χ4n) is 3.29. The molecule has 0 amide bonds. The summed E-state index contributed by atoms with van der Waals surface area (Å²) >= 11 is 0. The maximum absolute atomic E-state index is 9.69. The smallest absolute Gasteiger partial charge is 0.125 e. The molecule has 1 aliphatic rings. The maximum Gasteiger partial charge on any atom is 0.125 e. The van der Waals surface area contributed by atoms with Gasteiger partial charge in [0.1, 0.15) is 5.54 Å². The fourth-order valence-corrected chi connectivity index (χ4v) is 3.29. The lowest BCUT2D eigenvalue weighted by Crippen LogP contribution is -2.36. The topological polar surface area (TPSA) is 35.8 Å². The predicted molar refractivity (Wildman–Crippen MR) is 84.6 cm³/mol. The third kappa shape index (κ3) is 3.76. The molecule has 1 fully saturated rings. The Labute approximate surface area is 123 Å². The molecule has 0 radical (unpaired) electrons. The van der Waals surface area contributed by atoms with E-state index in [0.717, 1.165) is 30.9 Å². The minimum atomic E-state index is -0.363. The Morgan fingerprint density at radius 3 is 2.65 bits per heavy atom. The van der Waals surface area contributed by atoms with Crippen molar-refractivity contribution in [1.29, 1.82) is 5.26 Å². The second kappa shape index (κ2) is 6.79. The van der Waals surface area contributed by atoms with Gasteiger partial charge in [0, 0.05) is 5.69 Å². The highest BCUT2D eigenvalue weighted by Crippen LogP contribution is 2.34. The molecule has 0 aliphatic heterocycles. The van der Waals surface area contributed by atoms with Gasteiger partial charge in [-0.05, 0) is 50.7 Å². The van der Waals surface area contributed by atoms with Crippen LogP contribution in [0.5, 0.6) is 0 Å². The average molecular weight is 270 g/mol. The molecule has 1 aromatic carbocycles. The number of nitrogens with zero attached hydrogens (tertiary/aromatic N) is 1. The summed E-state index contributed by atoms with van der Waals surface area (Å²) in [5, 5.41) is 13.2. The lowest BCUT2D eigenvalue weighted by Gasteiger charge is -2.28. The van der Waals surface area contributed by atoms with Gasteiger partial charge < -0.3 is 5.32 Å². The van der Waals surface area contributed by atoms with Crippen molar-refractivity contribution in [3.05, 3.63) is 29.8 Å². The molecule has 0 bridgehead atoms. The Morgan fingerprint density at radius 2 is 2.00 bits per heavy atom. The molecule has 2 unspecified atom stereocenters. The third-order valence-electron chi connectivity index (χ3n) is 4.54. The first-order valence-corrected chi connectivity index (χ1v) is 7.93. The summed E-state index contributed by atoms with van der Waals surface area (Å²) in [4.78, 5) is 0. The van der Waals surface area contributed by atoms with E-state index in [0.29, 0.717) is 0 Å². The third-order valence-corrected chi connectivity index (χ3v) is 4.54. The first-order valence-electron chi connectivity index (χ1n) is 7.93. The zero-order valence-corrected chi connectivity index (χ0v) is 12.8. The Balaban J connectivity index is 2.06. The molecule has 2 nitrogen and oxygen atoms in total. The SMILES string of the molecule is CCCC1CCCC(C#N)(Nc2ccc(C)cc2)CC1. The monoisotopic (exact) mass is 270 g/mol. The summed E-state index contributed by atoms with van der Waals surface area (Å²) in [5.41, 5.74) is 1.97. The van der Waals surface area contributed by atoms with Crippen LogP contribution in [0.3, 0.4) is 0 Å². The largest absolute Gasteiger partial charge is 0.367 e. The van der Waals surface area contributed by atoms with E-state index >= 15 is 0 Å². The van der Waals surface area contributed by atoms with E-state index in [1.54, 1.807) is 0 Å². The molecule has 0 saturated heterocycles. The second-order valence-electron chi connectivity index (χ2n) is 6.27. The zero-order chi connectivity index (χ0) is 14.4. The van der Waals surface area contributed by atoms with E-state index in [2.05, 4.69) is 49.5 Å². The van der Waals surface area contributed by atoms with Gasteiger partial charge in [-0.1, -0.05) is 43.9 Å². The number of rotatable bonds is 4. The summed E-state index contributed by atoms with van der Waals surface area (Å²) in [7, 11) is 0. The summed E-state index contributed by atoms with van der Waals surface area (Å²) < 4.78 is 0. The molecule has 1 aromatic rings. The number of hydrogen-bond acceptors (Lipinski definition) is 2. The van der Waals surface area contributed by atoms with Gasteiger partial charge in [0.2, 0.25) is 0 Å². The van der Waals surface area contributed by atoms with Crippen molar-refractivity contribution in [2.24, 2.45) is 5.92 Å². The van der Waals surface area contributed by atoms with E-state index in [4.69, 9.17) is 0 Å². The standard InChI is InChI=1S/C18H26N2/c1-3-5-16-6-4-12-18(14-19,13-11-16)20-17-9-7-15(2)8-10-17/h7-10,16,20H,3-6,11-13H2,1-2H3. The van der Waals surface area contributed by atoms with Gasteiger partial charge in [0.15, 0.2) is 0 Å². The van der Waals surface area contributed by atoms with Gasteiger partial charge in [0.25, 0.3) is 0 Å². The maximum atomic E-state index is 9.69. The highest BCUT2D eigenvalue weighted by atomic mass is 15.0. The molecular formula is C18H26N2. The molecule has 1 saturated carbocycles. The van der Waals surface area contributed by atoms with Crippen LogP contribution in [0.1, 0.15) is 57.4 Å². The fraction of sp³-hybridized carbons (Fsp3) is 0.611. The first kappa shape index (κ1) is 14.9. The average Bonchev–Trinajstić information content (AvgIpc) is 2.66. The summed E-state index contributed by atoms with van der Waals surface area (Å²) in [6, 6.07) is 10.9. The van der Waals surface area contributed by atoms with Gasteiger partial charge in [-0.25, -0.2) is 0 Å². The Morgan fingerprint density at radius 1 is 1.25 bits per heavy atom. The number of aryl methyl sites for hydroxylation is 1.